The third kappa shape index (κ3) is 5.49. The highest BCUT2D eigenvalue weighted by Crippen LogP contribution is 2.40. The highest BCUT2D eigenvalue weighted by molar-refractivity contribution is 7.91. The maximum absolute atomic E-state index is 13.3. The van der Waals surface area contributed by atoms with Crippen LogP contribution in [0.1, 0.15) is 25.7 Å². The van der Waals surface area contributed by atoms with Crippen LogP contribution in [0.5, 0.6) is 5.75 Å². The number of nitrogens with one attached hydrogen (secondary N) is 2. The minimum atomic E-state index is -3.75. The van der Waals surface area contributed by atoms with Gasteiger partial charge < -0.3 is 25.2 Å². The molecule has 2 fully saturated rings. The summed E-state index contributed by atoms with van der Waals surface area (Å²) in [7, 11) is 0.157. The maximum atomic E-state index is 13.3. The van der Waals surface area contributed by atoms with Gasteiger partial charge in [-0.15, -0.1) is 0 Å². The van der Waals surface area contributed by atoms with E-state index in [2.05, 4.69) is 48.5 Å². The van der Waals surface area contributed by atoms with Crippen molar-refractivity contribution < 1.29 is 13.2 Å². The van der Waals surface area contributed by atoms with E-state index in [9.17, 15) is 8.42 Å². The number of hydrogen-bond acceptors (Lipinski definition) is 10. The molecule has 1 spiro atoms. The Morgan fingerprint density at radius 2 is 1.52 bits per heavy atom. The zero-order chi connectivity index (χ0) is 29.2. The second-order valence-electron chi connectivity index (χ2n) is 10.8. The number of anilines is 5. The van der Waals surface area contributed by atoms with Gasteiger partial charge in [-0.05, 0) is 75.7 Å². The molecule has 2 N–H and O–H groups in total. The number of ether oxygens (including phenoxy) is 1. The van der Waals surface area contributed by atoms with Crippen molar-refractivity contribution in [3.05, 3.63) is 79.1 Å². The molecule has 0 unspecified atom stereocenters. The van der Waals surface area contributed by atoms with E-state index in [1.54, 1.807) is 61.7 Å². The van der Waals surface area contributed by atoms with Gasteiger partial charge in [0.15, 0.2) is 0 Å². The molecule has 1 aromatic heterocycles. The lowest BCUT2D eigenvalue weighted by Gasteiger charge is -2.44. The van der Waals surface area contributed by atoms with E-state index in [4.69, 9.17) is 4.74 Å². The molecule has 4 aromatic rings. The summed E-state index contributed by atoms with van der Waals surface area (Å²) >= 11 is 0. The number of nitrogens with zero attached hydrogens (tertiary/aromatic N) is 5. The molecular weight excluding hydrogens is 550 g/mol. The van der Waals surface area contributed by atoms with Crippen molar-refractivity contribution in [1.29, 1.82) is 0 Å². The van der Waals surface area contributed by atoms with E-state index >= 15 is 0 Å². The van der Waals surface area contributed by atoms with Crippen molar-refractivity contribution >= 4 is 38.8 Å². The SMILES string of the molecule is COc1cc(N2CCC3(CCCN3C)CC2)ccc1Nc1ncnc(Nc2ccccc2S(=O)(=O)c2ccccc2)n1. The summed E-state index contributed by atoms with van der Waals surface area (Å²) in [5.74, 6) is 1.18. The number of likely N-dealkylation sites (tertiary alicyclic amines) is 1. The fourth-order valence-electron chi connectivity index (χ4n) is 6.05. The standard InChI is InChI=1S/C31H35N7O3S/c1-37-18-8-15-31(37)16-19-38(20-17-31)23-13-14-25(27(21-23)41-2)34-29-32-22-33-30(36-29)35-26-11-6-7-12-28(26)42(39,40)24-9-4-3-5-10-24/h3-7,9-14,21-22H,8,15-20H2,1-2H3,(H2,32,33,34,35,36). The number of methoxy groups -OCH3 is 1. The maximum Gasteiger partial charge on any atom is 0.232 e. The Kier molecular flexibility index (Phi) is 7.70. The summed E-state index contributed by atoms with van der Waals surface area (Å²) in [6.45, 7) is 3.23. The Morgan fingerprint density at radius 1 is 0.833 bits per heavy atom. The molecule has 11 heteroatoms. The van der Waals surface area contributed by atoms with Crippen LogP contribution in [-0.4, -0.2) is 67.6 Å². The van der Waals surface area contributed by atoms with Gasteiger partial charge in [0.05, 0.1) is 28.3 Å². The topological polar surface area (TPSA) is 113 Å². The molecule has 3 heterocycles. The molecule has 3 aromatic carbocycles. The van der Waals surface area contributed by atoms with E-state index in [0.29, 0.717) is 22.9 Å². The number of rotatable bonds is 8. The molecule has 0 atom stereocenters. The predicted octanol–water partition coefficient (Wildman–Crippen LogP) is 5.26. The first-order valence-electron chi connectivity index (χ1n) is 14.1. The Hall–Kier alpha value is -4.22. The molecular formula is C31H35N7O3S. The van der Waals surface area contributed by atoms with Gasteiger partial charge in [0.25, 0.3) is 0 Å². The van der Waals surface area contributed by atoms with Gasteiger partial charge in [0.2, 0.25) is 21.7 Å². The van der Waals surface area contributed by atoms with E-state index in [-0.39, 0.29) is 15.7 Å². The lowest BCUT2D eigenvalue weighted by Crippen LogP contribution is -2.50. The molecule has 2 aliphatic heterocycles. The van der Waals surface area contributed by atoms with Gasteiger partial charge in [-0.2, -0.15) is 4.98 Å². The van der Waals surface area contributed by atoms with Crippen molar-refractivity contribution in [2.24, 2.45) is 0 Å². The normalized spacial score (nSPS) is 16.9. The van der Waals surface area contributed by atoms with Crippen LogP contribution in [0.4, 0.5) is 29.0 Å². The van der Waals surface area contributed by atoms with Crippen LogP contribution in [0, 0.1) is 0 Å². The van der Waals surface area contributed by atoms with Crippen LogP contribution in [0.2, 0.25) is 0 Å². The monoisotopic (exact) mass is 585 g/mol. The van der Waals surface area contributed by atoms with Crippen LogP contribution in [0.25, 0.3) is 0 Å². The van der Waals surface area contributed by atoms with Crippen molar-refractivity contribution in [3.8, 4) is 5.75 Å². The largest absolute Gasteiger partial charge is 0.494 e. The van der Waals surface area contributed by atoms with E-state index in [0.717, 1.165) is 24.5 Å². The predicted molar refractivity (Wildman–Crippen MR) is 164 cm³/mol. The summed E-state index contributed by atoms with van der Waals surface area (Å²) < 4.78 is 32.4. The first-order valence-corrected chi connectivity index (χ1v) is 15.6. The molecule has 6 rings (SSSR count). The fraction of sp³-hybridized carbons (Fsp3) is 0.323. The van der Waals surface area contributed by atoms with Crippen LogP contribution >= 0.6 is 0 Å². The van der Waals surface area contributed by atoms with Crippen molar-refractivity contribution in [1.82, 2.24) is 19.9 Å². The number of para-hydroxylation sites is 1. The van der Waals surface area contributed by atoms with Crippen LogP contribution in [0.3, 0.4) is 0 Å². The first-order chi connectivity index (χ1) is 20.4. The number of aromatic nitrogens is 3. The molecule has 218 valence electrons. The van der Waals surface area contributed by atoms with Gasteiger partial charge in [-0.25, -0.2) is 18.4 Å². The summed E-state index contributed by atoms with van der Waals surface area (Å²) in [6.07, 6.45) is 6.29. The molecule has 2 aliphatic rings. The van der Waals surface area contributed by atoms with E-state index < -0.39 is 9.84 Å². The zero-order valence-corrected chi connectivity index (χ0v) is 24.6. The van der Waals surface area contributed by atoms with E-state index in [1.807, 2.05) is 12.1 Å². The Balaban J connectivity index is 1.18. The minimum absolute atomic E-state index is 0.131. The van der Waals surface area contributed by atoms with Gasteiger partial charge in [-0.3, -0.25) is 0 Å². The van der Waals surface area contributed by atoms with Crippen LogP contribution in [-0.2, 0) is 9.84 Å². The quantitative estimate of drug-likeness (QED) is 0.284. The van der Waals surface area contributed by atoms with Crippen molar-refractivity contribution in [2.45, 2.75) is 41.0 Å². The van der Waals surface area contributed by atoms with Gasteiger partial charge in [0.1, 0.15) is 12.1 Å². The highest BCUT2D eigenvalue weighted by atomic mass is 32.2. The third-order valence-electron chi connectivity index (χ3n) is 8.48. The summed E-state index contributed by atoms with van der Waals surface area (Å²) in [5.41, 5.74) is 2.57. The number of sulfone groups is 1. The molecule has 0 amide bonds. The van der Waals surface area contributed by atoms with Gasteiger partial charge in [0, 0.05) is 30.4 Å². The zero-order valence-electron chi connectivity index (χ0n) is 23.8. The Morgan fingerprint density at radius 3 is 2.21 bits per heavy atom. The van der Waals surface area contributed by atoms with Crippen molar-refractivity contribution in [2.75, 3.05) is 49.3 Å². The molecule has 0 radical (unpaired) electrons. The average molecular weight is 586 g/mol. The second kappa shape index (κ2) is 11.6. The smallest absolute Gasteiger partial charge is 0.232 e. The third-order valence-corrected chi connectivity index (χ3v) is 10.3. The fourth-order valence-corrected chi connectivity index (χ4v) is 7.49. The van der Waals surface area contributed by atoms with Crippen LogP contribution < -0.4 is 20.3 Å². The summed E-state index contributed by atoms with van der Waals surface area (Å²) in [6, 6.07) is 21.1. The van der Waals surface area contributed by atoms with E-state index in [1.165, 1.54) is 38.6 Å². The molecule has 42 heavy (non-hydrogen) atoms. The second-order valence-corrected chi connectivity index (χ2v) is 12.7. The number of piperidine rings is 1. The number of benzene rings is 3. The lowest BCUT2D eigenvalue weighted by atomic mass is 9.85. The average Bonchev–Trinajstić information content (AvgIpc) is 3.37. The van der Waals surface area contributed by atoms with Gasteiger partial charge >= 0.3 is 0 Å². The Bertz CT molecular complexity index is 1660. The summed E-state index contributed by atoms with van der Waals surface area (Å²) in [5, 5.41) is 6.28. The lowest BCUT2D eigenvalue weighted by molar-refractivity contribution is 0.137. The molecule has 0 aliphatic carbocycles. The Labute approximate surface area is 246 Å². The molecule has 2 saturated heterocycles. The van der Waals surface area contributed by atoms with Gasteiger partial charge in [-0.1, -0.05) is 30.3 Å². The first kappa shape index (κ1) is 27.9. The van der Waals surface area contributed by atoms with Crippen LogP contribution in [0.15, 0.2) is 88.9 Å². The summed E-state index contributed by atoms with van der Waals surface area (Å²) in [4.78, 5) is 18.3. The molecule has 10 nitrogen and oxygen atoms in total. The molecule has 0 bridgehead atoms. The minimum Gasteiger partial charge on any atom is -0.494 e. The number of hydrogen-bond donors (Lipinski definition) is 2. The van der Waals surface area contributed by atoms with Crippen molar-refractivity contribution in [3.63, 3.8) is 0 Å². The molecule has 0 saturated carbocycles. The highest BCUT2D eigenvalue weighted by Gasteiger charge is 2.41.